The van der Waals surface area contributed by atoms with Crippen LogP contribution in [0.15, 0.2) is 77.9 Å². The Morgan fingerprint density at radius 2 is 1.72 bits per heavy atom. The van der Waals surface area contributed by atoms with Crippen LogP contribution < -0.4 is 5.56 Å². The minimum atomic E-state index is -0.915. The molecule has 0 aliphatic heterocycles. The van der Waals surface area contributed by atoms with E-state index >= 15 is 0 Å². The number of pyridine rings is 1. The van der Waals surface area contributed by atoms with Crippen LogP contribution in [-0.2, 0) is 18.3 Å². The van der Waals surface area contributed by atoms with Crippen molar-refractivity contribution in [3.05, 3.63) is 99.6 Å². The van der Waals surface area contributed by atoms with Crippen LogP contribution in [0.1, 0.15) is 31.9 Å². The number of carboxylic acids is 1. The number of aliphatic carboxylic acids is 1. The molecule has 0 unspecified atom stereocenters. The lowest BCUT2D eigenvalue weighted by Crippen LogP contribution is -2.18. The number of hydrogen-bond acceptors (Lipinski definition) is 6. The van der Waals surface area contributed by atoms with Crippen LogP contribution in [-0.4, -0.2) is 41.1 Å². The molecule has 3 aromatic carbocycles. The van der Waals surface area contributed by atoms with Crippen LogP contribution in [0.25, 0.3) is 48.5 Å². The zero-order valence-corrected chi connectivity index (χ0v) is 26.0. The fourth-order valence-corrected chi connectivity index (χ4v) is 6.07. The average molecular weight is 615 g/mol. The predicted molar refractivity (Wildman–Crippen MR) is 173 cm³/mol. The highest BCUT2D eigenvalue weighted by molar-refractivity contribution is 7.21. The number of halogens is 1. The first kappa shape index (κ1) is 30.2. The molecule has 6 aromatic rings. The van der Waals surface area contributed by atoms with Crippen molar-refractivity contribution in [3.63, 3.8) is 0 Å². The van der Waals surface area contributed by atoms with Gasteiger partial charge in [-0.1, -0.05) is 41.1 Å². The summed E-state index contributed by atoms with van der Waals surface area (Å²) in [5.41, 5.74) is 5.54. The summed E-state index contributed by atoms with van der Waals surface area (Å²) in [6, 6.07) is 18.7. The molecule has 0 amide bonds. The molecule has 2 N–H and O–H groups in total. The van der Waals surface area contributed by atoms with E-state index in [0.29, 0.717) is 26.8 Å². The summed E-state index contributed by atoms with van der Waals surface area (Å²) >= 11 is 7.49. The van der Waals surface area contributed by atoms with Crippen LogP contribution >= 0.6 is 22.9 Å². The highest BCUT2D eigenvalue weighted by atomic mass is 35.5. The first-order valence-corrected chi connectivity index (χ1v) is 14.8. The molecule has 0 aliphatic rings. The Morgan fingerprint density at radius 3 is 2.40 bits per heavy atom. The number of fused-ring (bicyclic) bond motifs is 2. The Morgan fingerprint density at radius 1 is 1.05 bits per heavy atom. The minimum absolute atomic E-state index is 0.126. The zero-order valence-electron chi connectivity index (χ0n) is 24.4. The van der Waals surface area contributed by atoms with Gasteiger partial charge in [-0.3, -0.25) is 18.8 Å². The van der Waals surface area contributed by atoms with E-state index in [1.54, 1.807) is 60.6 Å². The summed E-state index contributed by atoms with van der Waals surface area (Å²) in [7, 11) is 1.88. The zero-order chi connectivity index (χ0) is 31.1. The Labute approximate surface area is 257 Å². The van der Waals surface area contributed by atoms with Gasteiger partial charge in [0.2, 0.25) is 0 Å². The van der Waals surface area contributed by atoms with Crippen molar-refractivity contribution in [2.24, 2.45) is 7.05 Å². The second-order valence-electron chi connectivity index (χ2n) is 11.3. The highest BCUT2D eigenvalue weighted by Gasteiger charge is 2.20. The SMILES string of the molecule is CC(C)(C)O.Cc1cc2nc(-n3cccc(-c4ccc5c(cnn5C)c4)c3=O)sc2c(-c2ccc(Cl)cc2)c1CC(=O)O. The van der Waals surface area contributed by atoms with E-state index in [1.807, 2.05) is 56.4 Å². The number of aliphatic hydroxyl groups is 1. The highest BCUT2D eigenvalue weighted by Crippen LogP contribution is 2.39. The maximum atomic E-state index is 13.7. The lowest BCUT2D eigenvalue weighted by Gasteiger charge is -2.13. The molecule has 0 atom stereocenters. The van der Waals surface area contributed by atoms with Gasteiger partial charge in [0.05, 0.1) is 34.0 Å². The van der Waals surface area contributed by atoms with Gasteiger partial charge in [0, 0.05) is 34.8 Å². The van der Waals surface area contributed by atoms with Gasteiger partial charge in [-0.2, -0.15) is 5.10 Å². The monoisotopic (exact) mass is 614 g/mol. The number of hydrogen-bond donors (Lipinski definition) is 2. The number of benzene rings is 3. The van der Waals surface area contributed by atoms with Crippen molar-refractivity contribution >= 4 is 50.0 Å². The molecule has 0 spiro atoms. The van der Waals surface area contributed by atoms with Gasteiger partial charge < -0.3 is 10.2 Å². The van der Waals surface area contributed by atoms with Crippen molar-refractivity contribution in [2.45, 2.75) is 39.7 Å². The third kappa shape index (κ3) is 6.54. The van der Waals surface area contributed by atoms with E-state index in [4.69, 9.17) is 21.7 Å². The van der Waals surface area contributed by atoms with Crippen LogP contribution in [0.4, 0.5) is 0 Å². The largest absolute Gasteiger partial charge is 0.481 e. The van der Waals surface area contributed by atoms with Gasteiger partial charge in [0.25, 0.3) is 5.56 Å². The summed E-state index contributed by atoms with van der Waals surface area (Å²) in [5, 5.41) is 24.5. The van der Waals surface area contributed by atoms with E-state index in [2.05, 4.69) is 5.10 Å². The lowest BCUT2D eigenvalue weighted by molar-refractivity contribution is -0.136. The molecule has 0 saturated heterocycles. The predicted octanol–water partition coefficient (Wildman–Crippen LogP) is 7.03. The number of thiazole rings is 1. The van der Waals surface area contributed by atoms with Crippen molar-refractivity contribution < 1.29 is 15.0 Å². The number of aryl methyl sites for hydroxylation is 2. The first-order valence-electron chi connectivity index (χ1n) is 13.6. The van der Waals surface area contributed by atoms with Crippen molar-refractivity contribution in [1.29, 1.82) is 0 Å². The molecule has 220 valence electrons. The van der Waals surface area contributed by atoms with E-state index in [9.17, 15) is 14.7 Å². The first-order chi connectivity index (χ1) is 20.3. The summed E-state index contributed by atoms with van der Waals surface area (Å²) in [5.74, 6) is -0.915. The number of carboxylic acid groups (broad SMARTS) is 1. The quantitative estimate of drug-likeness (QED) is 0.216. The Hall–Kier alpha value is -4.31. The molecular formula is C33H31ClN4O4S. The van der Waals surface area contributed by atoms with Crippen LogP contribution in [0, 0.1) is 6.92 Å². The molecule has 43 heavy (non-hydrogen) atoms. The van der Waals surface area contributed by atoms with Crippen molar-refractivity contribution in [1.82, 2.24) is 19.3 Å². The molecule has 8 nitrogen and oxygen atoms in total. The summed E-state index contributed by atoms with van der Waals surface area (Å²) in [6.45, 7) is 7.12. The van der Waals surface area contributed by atoms with Crippen molar-refractivity contribution in [3.8, 4) is 27.4 Å². The number of carbonyl (C=O) groups is 1. The van der Waals surface area contributed by atoms with E-state index < -0.39 is 11.6 Å². The van der Waals surface area contributed by atoms with E-state index in [1.165, 1.54) is 11.3 Å². The molecule has 10 heteroatoms. The van der Waals surface area contributed by atoms with Crippen LogP contribution in [0.2, 0.25) is 5.02 Å². The van der Waals surface area contributed by atoms with Crippen LogP contribution in [0.5, 0.6) is 0 Å². The van der Waals surface area contributed by atoms with Gasteiger partial charge in [-0.25, -0.2) is 4.98 Å². The second kappa shape index (κ2) is 11.8. The summed E-state index contributed by atoms with van der Waals surface area (Å²) < 4.78 is 4.16. The number of aromatic nitrogens is 4. The molecule has 6 rings (SSSR count). The summed E-state index contributed by atoms with van der Waals surface area (Å²) in [6.07, 6.45) is 3.36. The average Bonchev–Trinajstić information content (AvgIpc) is 3.51. The third-order valence-corrected chi connectivity index (χ3v) is 8.01. The fourth-order valence-electron chi connectivity index (χ4n) is 4.82. The third-order valence-electron chi connectivity index (χ3n) is 6.67. The molecule has 3 aromatic heterocycles. The molecule has 0 bridgehead atoms. The minimum Gasteiger partial charge on any atom is -0.481 e. The molecule has 3 heterocycles. The standard InChI is InChI=1S/C29H21ClN4O3S.C4H10O/c1-16-12-23-27(26(22(16)14-25(35)36)17-5-8-20(30)9-6-17)38-29(32-23)34-11-3-4-21(28(34)37)18-7-10-24-19(13-18)15-31-33(24)2;1-4(2,3)5/h3-13,15H,14H2,1-2H3,(H,35,36);5H,1-3H3. The van der Waals surface area contributed by atoms with Gasteiger partial charge >= 0.3 is 5.97 Å². The number of nitrogens with zero attached hydrogens (tertiary/aromatic N) is 4. The van der Waals surface area contributed by atoms with Gasteiger partial charge in [0.1, 0.15) is 0 Å². The second-order valence-corrected chi connectivity index (χ2v) is 12.7. The lowest BCUT2D eigenvalue weighted by atomic mass is 9.93. The van der Waals surface area contributed by atoms with E-state index in [-0.39, 0.29) is 12.0 Å². The maximum absolute atomic E-state index is 13.7. The molecular weight excluding hydrogens is 584 g/mol. The van der Waals surface area contributed by atoms with Crippen molar-refractivity contribution in [2.75, 3.05) is 0 Å². The number of rotatable bonds is 5. The van der Waals surface area contributed by atoms with Crippen LogP contribution in [0.3, 0.4) is 0 Å². The van der Waals surface area contributed by atoms with Gasteiger partial charge in [-0.05, 0) is 92.4 Å². The van der Waals surface area contributed by atoms with E-state index in [0.717, 1.165) is 37.9 Å². The smallest absolute Gasteiger partial charge is 0.307 e. The maximum Gasteiger partial charge on any atom is 0.307 e. The summed E-state index contributed by atoms with van der Waals surface area (Å²) in [4.78, 5) is 30.2. The molecule has 0 radical (unpaired) electrons. The normalized spacial score (nSPS) is 11.5. The van der Waals surface area contributed by atoms with Gasteiger partial charge in [-0.15, -0.1) is 0 Å². The molecule has 0 fully saturated rings. The molecule has 0 saturated carbocycles. The van der Waals surface area contributed by atoms with Gasteiger partial charge in [0.15, 0.2) is 5.13 Å². The topological polar surface area (TPSA) is 110 Å². The Kier molecular flexibility index (Phi) is 8.25. The Bertz CT molecular complexity index is 2030. The Balaban J connectivity index is 0.000000682. The molecule has 0 aliphatic carbocycles. The fraction of sp³-hybridized carbons (Fsp3) is 0.212.